The number of nitrogens with zero attached hydrogens (tertiary/aromatic N) is 1. The lowest BCUT2D eigenvalue weighted by atomic mass is 9.92. The Kier molecular flexibility index (Phi) is 5.67. The zero-order valence-corrected chi connectivity index (χ0v) is 17.8. The second-order valence-corrected chi connectivity index (χ2v) is 7.94. The van der Waals surface area contributed by atoms with Crippen LogP contribution in [-0.2, 0) is 9.59 Å². The molecule has 0 saturated carbocycles. The topological polar surface area (TPSA) is 116 Å². The molecule has 8 nitrogen and oxygen atoms in total. The number of carbonyl (C=O) groups excluding carboxylic acids is 2. The number of benzene rings is 2. The van der Waals surface area contributed by atoms with E-state index in [1.165, 1.54) is 0 Å². The van der Waals surface area contributed by atoms with E-state index in [4.69, 9.17) is 23.2 Å². The summed E-state index contributed by atoms with van der Waals surface area (Å²) in [5.74, 6) is -1.77. The molecule has 0 radical (unpaired) electrons. The molecular weight excluding hydrogens is 441 g/mol. The molecule has 158 valence electrons. The molecule has 0 unspecified atom stereocenters. The van der Waals surface area contributed by atoms with Gasteiger partial charge in [-0.1, -0.05) is 35.3 Å². The number of H-pyrrole nitrogens is 1. The second kappa shape index (κ2) is 8.41. The van der Waals surface area contributed by atoms with Gasteiger partial charge < -0.3 is 16.0 Å². The molecule has 2 aromatic carbocycles. The Bertz CT molecular complexity index is 1260. The van der Waals surface area contributed by atoms with Crippen LogP contribution in [0.3, 0.4) is 0 Å². The van der Waals surface area contributed by atoms with E-state index in [0.29, 0.717) is 21.4 Å². The predicted molar refractivity (Wildman–Crippen MR) is 120 cm³/mol. The second-order valence-electron chi connectivity index (χ2n) is 7.07. The van der Waals surface area contributed by atoms with Gasteiger partial charge in [-0.2, -0.15) is 4.98 Å². The lowest BCUT2D eigenvalue weighted by Crippen LogP contribution is -2.36. The maximum Gasteiger partial charge on any atom is 0.258 e. The number of aryl methyl sites for hydroxylation is 1. The van der Waals surface area contributed by atoms with E-state index in [-0.39, 0.29) is 23.8 Å². The first-order valence-corrected chi connectivity index (χ1v) is 10.1. The van der Waals surface area contributed by atoms with Crippen molar-refractivity contribution in [3.63, 3.8) is 0 Å². The quantitative estimate of drug-likeness (QED) is 0.468. The minimum atomic E-state index is -1.00. The molecule has 4 N–H and O–H groups in total. The summed E-state index contributed by atoms with van der Waals surface area (Å²) in [6.45, 7) is 1.82. The maximum atomic E-state index is 13.0. The Hall–Kier alpha value is -3.36. The molecule has 0 fully saturated rings. The Balaban J connectivity index is 1.66. The van der Waals surface area contributed by atoms with Gasteiger partial charge in [0.25, 0.3) is 5.56 Å². The van der Waals surface area contributed by atoms with Crippen molar-refractivity contribution in [3.05, 3.63) is 74.0 Å². The number of anilines is 4. The van der Waals surface area contributed by atoms with Gasteiger partial charge in [0.1, 0.15) is 5.82 Å². The van der Waals surface area contributed by atoms with Crippen LogP contribution in [0.1, 0.15) is 23.5 Å². The van der Waals surface area contributed by atoms with Crippen molar-refractivity contribution in [2.75, 3.05) is 16.0 Å². The monoisotopic (exact) mass is 457 g/mol. The number of hydrogen-bond donors (Lipinski definition) is 4. The summed E-state index contributed by atoms with van der Waals surface area (Å²) < 4.78 is 0. The normalized spacial score (nSPS) is 15.1. The predicted octanol–water partition coefficient (Wildman–Crippen LogP) is 4.19. The van der Waals surface area contributed by atoms with E-state index in [1.54, 1.807) is 42.5 Å². The molecule has 10 heteroatoms. The van der Waals surface area contributed by atoms with Gasteiger partial charge in [-0.15, -0.1) is 0 Å². The van der Waals surface area contributed by atoms with Crippen molar-refractivity contribution in [2.24, 2.45) is 0 Å². The molecule has 2 heterocycles. The Labute approximate surface area is 187 Å². The van der Waals surface area contributed by atoms with Crippen LogP contribution in [-0.4, -0.2) is 21.8 Å². The smallest absolute Gasteiger partial charge is 0.258 e. The zero-order valence-electron chi connectivity index (χ0n) is 16.3. The summed E-state index contributed by atoms with van der Waals surface area (Å²) in [5, 5.41) is 9.22. The molecule has 31 heavy (non-hydrogen) atoms. The molecule has 0 saturated heterocycles. The number of amides is 2. The van der Waals surface area contributed by atoms with Gasteiger partial charge in [0.2, 0.25) is 17.8 Å². The van der Waals surface area contributed by atoms with Crippen LogP contribution in [0, 0.1) is 6.92 Å². The van der Waals surface area contributed by atoms with Crippen molar-refractivity contribution in [1.82, 2.24) is 9.97 Å². The third kappa shape index (κ3) is 4.55. The lowest BCUT2D eigenvalue weighted by molar-refractivity contribution is -0.123. The van der Waals surface area contributed by atoms with Crippen LogP contribution in [0.4, 0.5) is 23.1 Å². The van der Waals surface area contributed by atoms with Gasteiger partial charge in [0.05, 0.1) is 11.5 Å². The number of halogens is 2. The number of aromatic nitrogens is 2. The van der Waals surface area contributed by atoms with E-state index in [2.05, 4.69) is 25.9 Å². The summed E-state index contributed by atoms with van der Waals surface area (Å²) in [4.78, 5) is 44.9. The molecule has 1 aliphatic rings. The largest absolute Gasteiger partial charge is 0.326 e. The molecule has 4 rings (SSSR count). The highest BCUT2D eigenvalue weighted by molar-refractivity contribution is 6.31. The lowest BCUT2D eigenvalue weighted by Gasteiger charge is -2.24. The first kappa shape index (κ1) is 20.9. The summed E-state index contributed by atoms with van der Waals surface area (Å²) in [6, 6.07) is 11.9. The minimum absolute atomic E-state index is 0.0347. The van der Waals surface area contributed by atoms with Crippen molar-refractivity contribution in [1.29, 1.82) is 0 Å². The van der Waals surface area contributed by atoms with Gasteiger partial charge >= 0.3 is 0 Å². The number of fused-ring (bicyclic) bond motifs is 1. The highest BCUT2D eigenvalue weighted by atomic mass is 35.5. The average molecular weight is 458 g/mol. The fourth-order valence-electron chi connectivity index (χ4n) is 3.31. The molecule has 0 bridgehead atoms. The highest BCUT2D eigenvalue weighted by Gasteiger charge is 2.35. The molecule has 2 amide bonds. The summed E-state index contributed by atoms with van der Waals surface area (Å²) >= 11 is 12.0. The standard InChI is InChI=1S/C21H17Cl2N5O3/c1-10-5-6-12(23)8-15(10)25-19(30)14-9-16(29)26-18-17(14)20(31)28-21(27-18)24-13-4-2-3-11(22)7-13/h2-8,14H,9H2,1H3,(H,25,30)(H3,24,26,27,28,29,31)/t14-/m0/s1. The first-order valence-electron chi connectivity index (χ1n) is 9.34. The molecule has 1 aliphatic heterocycles. The zero-order chi connectivity index (χ0) is 22.1. The molecule has 3 aromatic rings. The van der Waals surface area contributed by atoms with E-state index >= 15 is 0 Å². The molecule has 1 aromatic heterocycles. The number of nitrogens with one attached hydrogen (secondary N) is 4. The van der Waals surface area contributed by atoms with Gasteiger partial charge in [-0.05, 0) is 42.8 Å². The van der Waals surface area contributed by atoms with Gasteiger partial charge in [0.15, 0.2) is 0 Å². The van der Waals surface area contributed by atoms with Crippen molar-refractivity contribution in [3.8, 4) is 0 Å². The molecule has 0 spiro atoms. The van der Waals surface area contributed by atoms with Crippen molar-refractivity contribution in [2.45, 2.75) is 19.3 Å². The number of carbonyl (C=O) groups is 2. The molecule has 0 aliphatic carbocycles. The van der Waals surface area contributed by atoms with E-state index in [9.17, 15) is 14.4 Å². The average Bonchev–Trinajstić information content (AvgIpc) is 2.69. The van der Waals surface area contributed by atoms with Crippen LogP contribution < -0.4 is 21.5 Å². The summed E-state index contributed by atoms with van der Waals surface area (Å²) in [5.41, 5.74) is 1.47. The fraction of sp³-hybridized carbons (Fsp3) is 0.143. The fourth-order valence-corrected chi connectivity index (χ4v) is 3.67. The van der Waals surface area contributed by atoms with Gasteiger partial charge in [-0.3, -0.25) is 19.4 Å². The van der Waals surface area contributed by atoms with Crippen LogP contribution in [0.5, 0.6) is 0 Å². The van der Waals surface area contributed by atoms with Crippen molar-refractivity contribution >= 4 is 58.2 Å². The summed E-state index contributed by atoms with van der Waals surface area (Å²) in [6.07, 6.45) is -0.176. The van der Waals surface area contributed by atoms with Crippen molar-refractivity contribution < 1.29 is 9.59 Å². The number of aromatic amines is 1. The van der Waals surface area contributed by atoms with E-state index < -0.39 is 23.3 Å². The van der Waals surface area contributed by atoms with Crippen LogP contribution >= 0.6 is 23.2 Å². The SMILES string of the molecule is Cc1ccc(Cl)cc1NC(=O)[C@H]1CC(=O)Nc2nc(Nc3cccc(Cl)c3)[nH]c(=O)c21. The van der Waals surface area contributed by atoms with Crippen LogP contribution in [0.2, 0.25) is 10.0 Å². The molecular formula is C21H17Cl2N5O3. The maximum absolute atomic E-state index is 13.0. The third-order valence-corrected chi connectivity index (χ3v) is 5.28. The number of rotatable bonds is 4. The Morgan fingerprint density at radius 1 is 1.13 bits per heavy atom. The van der Waals surface area contributed by atoms with E-state index in [0.717, 1.165) is 5.56 Å². The van der Waals surface area contributed by atoms with Gasteiger partial charge in [0, 0.05) is 27.8 Å². The van der Waals surface area contributed by atoms with Gasteiger partial charge in [-0.25, -0.2) is 0 Å². The third-order valence-electron chi connectivity index (χ3n) is 4.81. The molecule has 1 atom stereocenters. The minimum Gasteiger partial charge on any atom is -0.326 e. The number of hydrogen-bond acceptors (Lipinski definition) is 5. The Morgan fingerprint density at radius 2 is 1.90 bits per heavy atom. The van der Waals surface area contributed by atoms with Crippen LogP contribution in [0.25, 0.3) is 0 Å². The first-order chi connectivity index (χ1) is 14.8. The van der Waals surface area contributed by atoms with E-state index in [1.807, 2.05) is 6.92 Å². The van der Waals surface area contributed by atoms with Crippen LogP contribution in [0.15, 0.2) is 47.3 Å². The summed E-state index contributed by atoms with van der Waals surface area (Å²) in [7, 11) is 0. The Morgan fingerprint density at radius 3 is 2.68 bits per heavy atom. The highest BCUT2D eigenvalue weighted by Crippen LogP contribution is 2.31.